The molecule has 2 amide bonds. The van der Waals surface area contributed by atoms with E-state index in [1.165, 1.54) is 17.5 Å². The second-order valence-corrected chi connectivity index (χ2v) is 6.26. The van der Waals surface area contributed by atoms with Gasteiger partial charge in [-0.05, 0) is 51.0 Å². The molecule has 0 aliphatic carbocycles. The molecular formula is C18H21F2N3O. The zero-order valence-electron chi connectivity index (χ0n) is 13.9. The highest BCUT2D eigenvalue weighted by atomic mass is 19.1. The maximum atomic E-state index is 13.6. The van der Waals surface area contributed by atoms with Crippen molar-refractivity contribution in [2.24, 2.45) is 0 Å². The fourth-order valence-electron chi connectivity index (χ4n) is 3.37. The zero-order chi connectivity index (χ0) is 17.3. The number of amides is 2. The van der Waals surface area contributed by atoms with Crippen molar-refractivity contribution in [1.29, 1.82) is 0 Å². The monoisotopic (exact) mass is 333 g/mol. The quantitative estimate of drug-likeness (QED) is 0.876. The van der Waals surface area contributed by atoms with Gasteiger partial charge >= 0.3 is 6.03 Å². The van der Waals surface area contributed by atoms with Gasteiger partial charge < -0.3 is 14.8 Å². The Hall–Kier alpha value is -2.37. The molecule has 2 heterocycles. The average Bonchev–Trinajstić information content (AvgIpc) is 2.89. The summed E-state index contributed by atoms with van der Waals surface area (Å²) in [6.45, 7) is 5.39. The molecule has 4 nitrogen and oxygen atoms in total. The van der Waals surface area contributed by atoms with Gasteiger partial charge in [-0.25, -0.2) is 13.6 Å². The van der Waals surface area contributed by atoms with Gasteiger partial charge in [-0.2, -0.15) is 0 Å². The summed E-state index contributed by atoms with van der Waals surface area (Å²) in [4.78, 5) is 14.0. The average molecular weight is 333 g/mol. The minimum atomic E-state index is -0.767. The molecule has 0 saturated carbocycles. The van der Waals surface area contributed by atoms with Crippen molar-refractivity contribution >= 4 is 11.7 Å². The summed E-state index contributed by atoms with van der Waals surface area (Å²) < 4.78 is 28.9. The third kappa shape index (κ3) is 3.27. The molecular weight excluding hydrogens is 312 g/mol. The predicted octanol–water partition coefficient (Wildman–Crippen LogP) is 4.25. The fraction of sp³-hybridized carbons (Fsp3) is 0.389. The molecule has 0 spiro atoms. The molecule has 1 N–H and O–H groups in total. The van der Waals surface area contributed by atoms with Crippen LogP contribution in [-0.2, 0) is 0 Å². The number of hydrogen-bond donors (Lipinski definition) is 1. The van der Waals surface area contributed by atoms with Crippen molar-refractivity contribution in [3.63, 3.8) is 0 Å². The first kappa shape index (κ1) is 16.5. The predicted molar refractivity (Wildman–Crippen MR) is 89.1 cm³/mol. The van der Waals surface area contributed by atoms with E-state index in [1.807, 2.05) is 0 Å². The molecule has 3 rings (SSSR count). The number of hydrogen-bond acceptors (Lipinski definition) is 1. The van der Waals surface area contributed by atoms with E-state index in [4.69, 9.17) is 0 Å². The molecule has 128 valence electrons. The second-order valence-electron chi connectivity index (χ2n) is 6.26. The van der Waals surface area contributed by atoms with Gasteiger partial charge in [-0.3, -0.25) is 0 Å². The number of likely N-dealkylation sites (tertiary alicyclic amines) is 1. The van der Waals surface area contributed by atoms with E-state index in [0.29, 0.717) is 19.1 Å². The number of piperidine rings is 1. The van der Waals surface area contributed by atoms with Crippen LogP contribution in [0.2, 0.25) is 0 Å². The van der Waals surface area contributed by atoms with E-state index in [9.17, 15) is 13.6 Å². The van der Waals surface area contributed by atoms with E-state index in [0.717, 1.165) is 25.0 Å². The summed E-state index contributed by atoms with van der Waals surface area (Å²) in [5.41, 5.74) is 2.45. The third-order valence-corrected chi connectivity index (χ3v) is 4.62. The number of rotatable bonds is 2. The van der Waals surface area contributed by atoms with Gasteiger partial charge in [-0.15, -0.1) is 0 Å². The van der Waals surface area contributed by atoms with Crippen molar-refractivity contribution in [2.45, 2.75) is 32.7 Å². The molecule has 1 aromatic carbocycles. The number of aromatic nitrogens is 1. The summed E-state index contributed by atoms with van der Waals surface area (Å²) >= 11 is 0. The van der Waals surface area contributed by atoms with Crippen LogP contribution in [0.15, 0.2) is 30.3 Å². The standard InChI is InChI=1S/C18H21F2N3O/c1-12-3-4-13(2)23(12)15-7-9-22(10-8-15)18(24)21-17-6-5-14(19)11-16(17)20/h3-6,11,15H,7-10H2,1-2H3,(H,21,24). The van der Waals surface area contributed by atoms with Gasteiger partial charge in [0.25, 0.3) is 0 Å². The minimum absolute atomic E-state index is 0.000576. The highest BCUT2D eigenvalue weighted by molar-refractivity contribution is 5.89. The number of urea groups is 1. The van der Waals surface area contributed by atoms with Crippen LogP contribution in [0.5, 0.6) is 0 Å². The first-order valence-electron chi connectivity index (χ1n) is 8.11. The van der Waals surface area contributed by atoms with E-state index in [2.05, 4.69) is 35.9 Å². The number of carbonyl (C=O) groups excluding carboxylic acids is 1. The van der Waals surface area contributed by atoms with Crippen LogP contribution >= 0.6 is 0 Å². The lowest BCUT2D eigenvalue weighted by Gasteiger charge is -2.34. The second kappa shape index (κ2) is 6.63. The lowest BCUT2D eigenvalue weighted by Crippen LogP contribution is -2.41. The zero-order valence-corrected chi connectivity index (χ0v) is 13.9. The normalized spacial score (nSPS) is 15.6. The van der Waals surface area contributed by atoms with Crippen LogP contribution in [0.25, 0.3) is 0 Å². The van der Waals surface area contributed by atoms with E-state index >= 15 is 0 Å². The Kier molecular flexibility index (Phi) is 4.55. The number of nitrogens with one attached hydrogen (secondary N) is 1. The van der Waals surface area contributed by atoms with Crippen molar-refractivity contribution in [1.82, 2.24) is 9.47 Å². The Morgan fingerprint density at radius 2 is 1.71 bits per heavy atom. The van der Waals surface area contributed by atoms with Crippen LogP contribution in [0.1, 0.15) is 30.3 Å². The van der Waals surface area contributed by atoms with Crippen molar-refractivity contribution in [3.8, 4) is 0 Å². The Morgan fingerprint density at radius 1 is 1.08 bits per heavy atom. The molecule has 1 aromatic heterocycles. The smallest absolute Gasteiger partial charge is 0.321 e. The van der Waals surface area contributed by atoms with Gasteiger partial charge in [0, 0.05) is 36.6 Å². The molecule has 1 aliphatic heterocycles. The first-order valence-corrected chi connectivity index (χ1v) is 8.11. The molecule has 2 aromatic rings. The third-order valence-electron chi connectivity index (χ3n) is 4.62. The lowest BCUT2D eigenvalue weighted by atomic mass is 10.0. The number of benzene rings is 1. The minimum Gasteiger partial charge on any atom is -0.346 e. The molecule has 0 atom stereocenters. The van der Waals surface area contributed by atoms with Crippen molar-refractivity contribution in [2.75, 3.05) is 18.4 Å². The number of aryl methyl sites for hydroxylation is 2. The summed E-state index contributed by atoms with van der Waals surface area (Å²) in [5.74, 6) is -1.43. The molecule has 1 aliphatic rings. The van der Waals surface area contributed by atoms with Crippen LogP contribution < -0.4 is 5.32 Å². The van der Waals surface area contributed by atoms with E-state index in [-0.39, 0.29) is 11.7 Å². The molecule has 1 saturated heterocycles. The van der Waals surface area contributed by atoms with E-state index in [1.54, 1.807) is 4.90 Å². The van der Waals surface area contributed by atoms with Gasteiger partial charge in [0.05, 0.1) is 5.69 Å². The Labute approximate surface area is 140 Å². The highest BCUT2D eigenvalue weighted by Gasteiger charge is 2.25. The molecule has 6 heteroatoms. The summed E-state index contributed by atoms with van der Waals surface area (Å²) in [6, 6.07) is 7.37. The van der Waals surface area contributed by atoms with Gasteiger partial charge in [0.15, 0.2) is 0 Å². The summed E-state index contributed by atoms with van der Waals surface area (Å²) in [6.07, 6.45) is 1.71. The van der Waals surface area contributed by atoms with Crippen molar-refractivity contribution in [3.05, 3.63) is 53.4 Å². The Morgan fingerprint density at radius 3 is 2.29 bits per heavy atom. The van der Waals surface area contributed by atoms with Crippen LogP contribution in [0.4, 0.5) is 19.3 Å². The fourth-order valence-corrected chi connectivity index (χ4v) is 3.37. The number of carbonyl (C=O) groups is 1. The first-order chi connectivity index (χ1) is 11.5. The largest absolute Gasteiger partial charge is 0.346 e. The van der Waals surface area contributed by atoms with Crippen LogP contribution in [-0.4, -0.2) is 28.6 Å². The molecule has 24 heavy (non-hydrogen) atoms. The van der Waals surface area contributed by atoms with E-state index < -0.39 is 11.6 Å². The highest BCUT2D eigenvalue weighted by Crippen LogP contribution is 2.27. The maximum absolute atomic E-state index is 13.6. The van der Waals surface area contributed by atoms with Gasteiger partial charge in [0.2, 0.25) is 0 Å². The lowest BCUT2D eigenvalue weighted by molar-refractivity contribution is 0.183. The van der Waals surface area contributed by atoms with Gasteiger partial charge in [0.1, 0.15) is 11.6 Å². The van der Waals surface area contributed by atoms with Crippen molar-refractivity contribution < 1.29 is 13.6 Å². The Bertz CT molecular complexity index is 729. The molecule has 0 radical (unpaired) electrons. The topological polar surface area (TPSA) is 37.3 Å². The van der Waals surface area contributed by atoms with Crippen LogP contribution in [0.3, 0.4) is 0 Å². The van der Waals surface area contributed by atoms with Gasteiger partial charge in [-0.1, -0.05) is 0 Å². The molecule has 1 fully saturated rings. The summed E-state index contributed by atoms with van der Waals surface area (Å²) in [7, 11) is 0. The number of halogens is 2. The maximum Gasteiger partial charge on any atom is 0.321 e. The van der Waals surface area contributed by atoms with Crippen LogP contribution in [0, 0.1) is 25.5 Å². The Balaban J connectivity index is 1.61. The SMILES string of the molecule is Cc1ccc(C)n1C1CCN(C(=O)Nc2ccc(F)cc2F)CC1. The number of nitrogens with zero attached hydrogens (tertiary/aromatic N) is 2. The summed E-state index contributed by atoms with van der Waals surface area (Å²) in [5, 5.41) is 2.52. The molecule has 0 unspecified atom stereocenters. The number of anilines is 1. The molecule has 0 bridgehead atoms.